The molecule has 0 bridgehead atoms. The predicted octanol–water partition coefficient (Wildman–Crippen LogP) is 1.57. The summed E-state index contributed by atoms with van der Waals surface area (Å²) in [7, 11) is 4.00. The molecule has 0 aliphatic rings. The van der Waals surface area contributed by atoms with E-state index < -0.39 is 0 Å². The SMILES string of the molecule is C[B]C.C[B]C. The molecule has 34 valence electrons. The first kappa shape index (κ1) is 9.46. The second kappa shape index (κ2) is 19.3. The largest absolute Gasteiger partial charge is 0.102 e. The highest BCUT2D eigenvalue weighted by Gasteiger charge is 1.43. The average Bonchev–Trinajstić information content (AvgIpc) is 1.39. The van der Waals surface area contributed by atoms with Gasteiger partial charge in [-0.15, -0.1) is 0 Å². The maximum absolute atomic E-state index is 2.00. The Morgan fingerprint density at radius 1 is 0.667 bits per heavy atom. The second-order valence-corrected chi connectivity index (χ2v) is 1.15. The van der Waals surface area contributed by atoms with Gasteiger partial charge in [-0.05, 0) is 0 Å². The van der Waals surface area contributed by atoms with Gasteiger partial charge in [0.25, 0.3) is 0 Å². The van der Waals surface area contributed by atoms with Crippen LogP contribution in [-0.2, 0) is 0 Å². The summed E-state index contributed by atoms with van der Waals surface area (Å²) in [6.45, 7) is 8.00. The van der Waals surface area contributed by atoms with E-state index >= 15 is 0 Å². The first-order valence-electron chi connectivity index (χ1n) is 2.31. The number of hydrogen-bond acceptors (Lipinski definition) is 0. The van der Waals surface area contributed by atoms with Gasteiger partial charge in [0.15, 0.2) is 0 Å². The van der Waals surface area contributed by atoms with Gasteiger partial charge in [-0.25, -0.2) is 0 Å². The molecule has 0 aromatic rings. The molecule has 0 rings (SSSR count). The molecular weight excluding hydrogens is 69.7 g/mol. The Kier molecular flexibility index (Phi) is 30.4. The van der Waals surface area contributed by atoms with Crippen LogP contribution in [0.25, 0.3) is 0 Å². The minimum atomic E-state index is 2.00. The Morgan fingerprint density at radius 3 is 0.667 bits per heavy atom. The molecule has 0 amide bonds. The summed E-state index contributed by atoms with van der Waals surface area (Å²) in [6.07, 6.45) is 0. The van der Waals surface area contributed by atoms with Crippen LogP contribution < -0.4 is 0 Å². The molecular formula is C4H12B2. The lowest BCUT2D eigenvalue weighted by Crippen LogP contribution is -1.53. The van der Waals surface area contributed by atoms with Crippen LogP contribution in [-0.4, -0.2) is 14.6 Å². The predicted molar refractivity (Wildman–Crippen MR) is 35.0 cm³/mol. The van der Waals surface area contributed by atoms with Gasteiger partial charge in [-0.3, -0.25) is 0 Å². The molecule has 0 aliphatic carbocycles. The molecule has 0 spiro atoms. The van der Waals surface area contributed by atoms with E-state index in [1.165, 1.54) is 0 Å². The fourth-order valence-electron chi connectivity index (χ4n) is 0. The first-order valence-corrected chi connectivity index (χ1v) is 2.31. The fourth-order valence-corrected chi connectivity index (χ4v) is 0. The third-order valence-corrected chi connectivity index (χ3v) is 0. The van der Waals surface area contributed by atoms with Crippen LogP contribution in [0.1, 0.15) is 0 Å². The number of hydrogen-bond donors (Lipinski definition) is 0. The van der Waals surface area contributed by atoms with Gasteiger partial charge < -0.3 is 0 Å². The van der Waals surface area contributed by atoms with E-state index in [0.717, 1.165) is 0 Å². The van der Waals surface area contributed by atoms with E-state index in [1.807, 2.05) is 41.9 Å². The van der Waals surface area contributed by atoms with Crippen molar-refractivity contribution in [2.75, 3.05) is 0 Å². The van der Waals surface area contributed by atoms with E-state index in [1.54, 1.807) is 0 Å². The lowest BCUT2D eigenvalue weighted by atomic mass is 9.88. The number of rotatable bonds is 0. The maximum atomic E-state index is 2.00. The van der Waals surface area contributed by atoms with Crippen molar-refractivity contribution < 1.29 is 0 Å². The van der Waals surface area contributed by atoms with E-state index in [4.69, 9.17) is 0 Å². The molecule has 6 heavy (non-hydrogen) atoms. The molecule has 0 aliphatic heterocycles. The van der Waals surface area contributed by atoms with Crippen LogP contribution in [0.2, 0.25) is 27.3 Å². The average molecular weight is 81.8 g/mol. The third-order valence-electron chi connectivity index (χ3n) is 0. The minimum Gasteiger partial charge on any atom is -0.0922 e. The van der Waals surface area contributed by atoms with Crippen LogP contribution in [0, 0.1) is 0 Å². The Bertz CT molecular complexity index is 7.51. The molecule has 0 fully saturated rings. The van der Waals surface area contributed by atoms with E-state index in [9.17, 15) is 0 Å². The molecule has 0 unspecified atom stereocenters. The highest BCUT2D eigenvalue weighted by Crippen LogP contribution is 1.37. The molecule has 0 saturated carbocycles. The van der Waals surface area contributed by atoms with Crippen molar-refractivity contribution in [1.29, 1.82) is 0 Å². The van der Waals surface area contributed by atoms with Crippen molar-refractivity contribution in [3.8, 4) is 0 Å². The molecule has 0 N–H and O–H groups in total. The van der Waals surface area contributed by atoms with Crippen molar-refractivity contribution >= 4 is 14.6 Å². The Hall–Kier alpha value is 0.130. The van der Waals surface area contributed by atoms with Gasteiger partial charge in [0.2, 0.25) is 0 Å². The fraction of sp³-hybridized carbons (Fsp3) is 1.00. The lowest BCUT2D eigenvalue weighted by Gasteiger charge is -1.41. The third kappa shape index (κ3) is 2400. The Balaban J connectivity index is 0. The van der Waals surface area contributed by atoms with Crippen molar-refractivity contribution in [3.05, 3.63) is 0 Å². The zero-order chi connectivity index (χ0) is 5.41. The van der Waals surface area contributed by atoms with Crippen LogP contribution in [0.5, 0.6) is 0 Å². The Morgan fingerprint density at radius 2 is 0.667 bits per heavy atom. The molecule has 0 heterocycles. The molecule has 0 aromatic carbocycles. The quantitative estimate of drug-likeness (QED) is 0.389. The summed E-state index contributed by atoms with van der Waals surface area (Å²) in [5.41, 5.74) is 0. The van der Waals surface area contributed by atoms with E-state index in [-0.39, 0.29) is 0 Å². The summed E-state index contributed by atoms with van der Waals surface area (Å²) in [5.74, 6) is 0. The van der Waals surface area contributed by atoms with Crippen molar-refractivity contribution in [3.63, 3.8) is 0 Å². The molecule has 0 atom stereocenters. The van der Waals surface area contributed by atoms with Crippen LogP contribution in [0.4, 0.5) is 0 Å². The maximum Gasteiger partial charge on any atom is 0.102 e. The smallest absolute Gasteiger partial charge is 0.0922 e. The highest BCUT2D eigenvalue weighted by molar-refractivity contribution is 6.31. The summed E-state index contributed by atoms with van der Waals surface area (Å²) in [4.78, 5) is 0. The lowest BCUT2D eigenvalue weighted by molar-refractivity contribution is 2.14. The van der Waals surface area contributed by atoms with E-state index in [2.05, 4.69) is 0 Å². The standard InChI is InChI=1S/2C2H6B/c2*1-3-2/h2*1-2H3. The summed E-state index contributed by atoms with van der Waals surface area (Å²) < 4.78 is 0. The van der Waals surface area contributed by atoms with Crippen molar-refractivity contribution in [2.24, 2.45) is 0 Å². The molecule has 0 nitrogen and oxygen atoms in total. The van der Waals surface area contributed by atoms with Gasteiger partial charge in [-0.2, -0.15) is 0 Å². The van der Waals surface area contributed by atoms with Gasteiger partial charge in [-0.1, -0.05) is 27.3 Å². The van der Waals surface area contributed by atoms with Gasteiger partial charge >= 0.3 is 0 Å². The van der Waals surface area contributed by atoms with Crippen LogP contribution in [0.15, 0.2) is 0 Å². The van der Waals surface area contributed by atoms with Gasteiger partial charge in [0.1, 0.15) is 14.6 Å². The topological polar surface area (TPSA) is 0 Å². The van der Waals surface area contributed by atoms with Crippen molar-refractivity contribution in [1.82, 2.24) is 0 Å². The zero-order valence-electron chi connectivity index (χ0n) is 5.15. The summed E-state index contributed by atoms with van der Waals surface area (Å²) in [5, 5.41) is 0. The zero-order valence-corrected chi connectivity index (χ0v) is 5.15. The first-order chi connectivity index (χ1) is 2.83. The molecule has 2 radical (unpaired) electrons. The molecule has 2 heteroatoms. The molecule has 0 aromatic heterocycles. The van der Waals surface area contributed by atoms with Crippen LogP contribution >= 0.6 is 0 Å². The summed E-state index contributed by atoms with van der Waals surface area (Å²) in [6, 6.07) is 0. The minimum absolute atomic E-state index is 2.00. The van der Waals surface area contributed by atoms with Crippen LogP contribution in [0.3, 0.4) is 0 Å². The normalized spacial score (nSPS) is 4.67. The monoisotopic (exact) mass is 82.1 g/mol. The summed E-state index contributed by atoms with van der Waals surface area (Å²) >= 11 is 0. The molecule has 0 saturated heterocycles. The van der Waals surface area contributed by atoms with Crippen molar-refractivity contribution in [2.45, 2.75) is 27.3 Å². The van der Waals surface area contributed by atoms with Gasteiger partial charge in [0, 0.05) is 0 Å². The second-order valence-electron chi connectivity index (χ2n) is 1.15. The highest BCUT2D eigenvalue weighted by atomic mass is 13.0. The van der Waals surface area contributed by atoms with E-state index in [0.29, 0.717) is 0 Å². The van der Waals surface area contributed by atoms with Gasteiger partial charge in [0.05, 0.1) is 0 Å². The Labute approximate surface area is 42.8 Å².